The minimum absolute atomic E-state index is 0.103. The van der Waals surface area contributed by atoms with Crippen molar-refractivity contribution in [1.82, 2.24) is 0 Å². The highest BCUT2D eigenvalue weighted by atomic mass is 16.6. The van der Waals surface area contributed by atoms with E-state index in [4.69, 9.17) is 0 Å². The van der Waals surface area contributed by atoms with Crippen LogP contribution in [-0.2, 0) is 0 Å². The summed E-state index contributed by atoms with van der Waals surface area (Å²) >= 11 is 0. The zero-order chi connectivity index (χ0) is 19.9. The summed E-state index contributed by atoms with van der Waals surface area (Å²) in [5.74, 6) is 1.21. The first-order valence-corrected chi connectivity index (χ1v) is 9.48. The minimum Gasteiger partial charge on any atom is -0.385 e. The lowest BCUT2D eigenvalue weighted by molar-refractivity contribution is -0.385. The second-order valence-corrected chi connectivity index (χ2v) is 7.26. The van der Waals surface area contributed by atoms with Crippen LogP contribution in [0.25, 0.3) is 0 Å². The van der Waals surface area contributed by atoms with Gasteiger partial charge < -0.3 is 10.6 Å². The van der Waals surface area contributed by atoms with Crippen LogP contribution in [0, 0.1) is 32.1 Å². The van der Waals surface area contributed by atoms with E-state index in [9.17, 15) is 20.2 Å². The normalized spacial score (nSPS) is 19.0. The molecule has 148 valence electrons. The van der Waals surface area contributed by atoms with E-state index in [1.54, 1.807) is 24.3 Å². The summed E-state index contributed by atoms with van der Waals surface area (Å²) in [6.07, 6.45) is 4.58. The topological polar surface area (TPSA) is 110 Å². The second kappa shape index (κ2) is 9.16. The quantitative estimate of drug-likeness (QED) is 0.498. The van der Waals surface area contributed by atoms with Crippen molar-refractivity contribution in [1.29, 1.82) is 0 Å². The van der Waals surface area contributed by atoms with Crippen molar-refractivity contribution < 1.29 is 9.85 Å². The van der Waals surface area contributed by atoms with E-state index in [0.29, 0.717) is 11.8 Å². The molecule has 8 nitrogen and oxygen atoms in total. The van der Waals surface area contributed by atoms with Crippen LogP contribution in [0.15, 0.2) is 48.5 Å². The number of nitro groups is 2. The highest BCUT2D eigenvalue weighted by molar-refractivity contribution is 5.49. The zero-order valence-corrected chi connectivity index (χ0v) is 15.5. The van der Waals surface area contributed by atoms with Gasteiger partial charge in [0.1, 0.15) is 0 Å². The van der Waals surface area contributed by atoms with E-state index in [-0.39, 0.29) is 11.4 Å². The Morgan fingerprint density at radius 1 is 0.679 bits per heavy atom. The Morgan fingerprint density at radius 2 is 1.00 bits per heavy atom. The molecule has 0 heterocycles. The lowest BCUT2D eigenvalue weighted by atomic mass is 9.82. The Morgan fingerprint density at radius 3 is 1.29 bits per heavy atom. The Balaban J connectivity index is 1.37. The second-order valence-electron chi connectivity index (χ2n) is 7.26. The van der Waals surface area contributed by atoms with Gasteiger partial charge in [-0.3, -0.25) is 20.2 Å². The van der Waals surface area contributed by atoms with Gasteiger partial charge in [0.05, 0.1) is 9.85 Å². The number of non-ortho nitro benzene ring substituents is 2. The zero-order valence-electron chi connectivity index (χ0n) is 15.5. The monoisotopic (exact) mass is 384 g/mol. The fourth-order valence-electron chi connectivity index (χ4n) is 3.57. The lowest BCUT2D eigenvalue weighted by Crippen LogP contribution is -2.25. The molecule has 8 heteroatoms. The molecule has 1 aliphatic carbocycles. The van der Waals surface area contributed by atoms with Gasteiger partial charge in [-0.2, -0.15) is 0 Å². The molecule has 0 atom stereocenters. The maximum absolute atomic E-state index is 10.7. The summed E-state index contributed by atoms with van der Waals surface area (Å²) in [4.78, 5) is 20.6. The van der Waals surface area contributed by atoms with Crippen molar-refractivity contribution in [3.05, 3.63) is 68.8 Å². The number of nitrogens with zero attached hydrogens (tertiary/aromatic N) is 2. The van der Waals surface area contributed by atoms with E-state index in [2.05, 4.69) is 10.6 Å². The number of hydrogen-bond donors (Lipinski definition) is 2. The Hall–Kier alpha value is -3.16. The van der Waals surface area contributed by atoms with E-state index in [0.717, 1.165) is 50.1 Å². The van der Waals surface area contributed by atoms with Gasteiger partial charge >= 0.3 is 0 Å². The molecule has 0 amide bonds. The Bertz CT molecular complexity index is 730. The van der Waals surface area contributed by atoms with Crippen molar-refractivity contribution in [2.45, 2.75) is 25.7 Å². The third kappa shape index (κ3) is 5.42. The fraction of sp³-hybridized carbons (Fsp3) is 0.400. The van der Waals surface area contributed by atoms with Crippen LogP contribution < -0.4 is 10.6 Å². The van der Waals surface area contributed by atoms with E-state index in [1.165, 1.54) is 24.3 Å². The number of hydrogen-bond acceptors (Lipinski definition) is 6. The molecule has 0 radical (unpaired) electrons. The molecule has 2 aromatic carbocycles. The molecular weight excluding hydrogens is 360 g/mol. The first-order chi connectivity index (χ1) is 13.5. The molecular formula is C20H24N4O4. The predicted molar refractivity (Wildman–Crippen MR) is 109 cm³/mol. The van der Waals surface area contributed by atoms with E-state index < -0.39 is 9.85 Å². The van der Waals surface area contributed by atoms with E-state index >= 15 is 0 Å². The van der Waals surface area contributed by atoms with Gasteiger partial charge in [0.25, 0.3) is 11.4 Å². The SMILES string of the molecule is O=[N+]([O-])c1ccc(NCC2CCC(CNc3ccc([N+](=O)[O-])cc3)CC2)cc1. The van der Waals surface area contributed by atoms with Gasteiger partial charge in [-0.1, -0.05) is 0 Å². The van der Waals surface area contributed by atoms with Crippen molar-refractivity contribution in [3.63, 3.8) is 0 Å². The molecule has 3 rings (SSSR count). The molecule has 0 spiro atoms. The predicted octanol–water partition coefficient (Wildman–Crippen LogP) is 4.83. The van der Waals surface area contributed by atoms with Crippen LogP contribution in [0.5, 0.6) is 0 Å². The first-order valence-electron chi connectivity index (χ1n) is 9.48. The summed E-state index contributed by atoms with van der Waals surface area (Å²) in [6.45, 7) is 1.75. The summed E-state index contributed by atoms with van der Waals surface area (Å²) in [5, 5.41) is 28.1. The third-order valence-electron chi connectivity index (χ3n) is 5.31. The minimum atomic E-state index is -0.393. The molecule has 1 aliphatic rings. The molecule has 2 N–H and O–H groups in total. The van der Waals surface area contributed by atoms with Crippen molar-refractivity contribution in [2.24, 2.45) is 11.8 Å². The number of benzene rings is 2. The maximum Gasteiger partial charge on any atom is 0.269 e. The first kappa shape index (κ1) is 19.6. The molecule has 0 aromatic heterocycles. The van der Waals surface area contributed by atoms with Crippen molar-refractivity contribution in [3.8, 4) is 0 Å². The smallest absolute Gasteiger partial charge is 0.269 e. The van der Waals surface area contributed by atoms with Crippen molar-refractivity contribution in [2.75, 3.05) is 23.7 Å². The highest BCUT2D eigenvalue weighted by Gasteiger charge is 2.21. The van der Waals surface area contributed by atoms with Gasteiger partial charge in [0, 0.05) is 48.7 Å². The van der Waals surface area contributed by atoms with Crippen LogP contribution in [0.1, 0.15) is 25.7 Å². The Kier molecular flexibility index (Phi) is 6.41. The summed E-state index contributed by atoms with van der Waals surface area (Å²) in [6, 6.07) is 13.1. The molecule has 0 aliphatic heterocycles. The van der Waals surface area contributed by atoms with Gasteiger partial charge in [0.15, 0.2) is 0 Å². The fourth-order valence-corrected chi connectivity index (χ4v) is 3.57. The van der Waals surface area contributed by atoms with Gasteiger partial charge in [-0.15, -0.1) is 0 Å². The molecule has 0 saturated heterocycles. The molecule has 0 bridgehead atoms. The standard InChI is InChI=1S/C20H24N4O4/c25-23(26)19-9-5-17(6-10-19)21-13-15-1-2-16(4-3-15)14-22-18-7-11-20(12-8-18)24(27)28/h5-12,15-16,21-22H,1-4,13-14H2. The molecule has 0 unspecified atom stereocenters. The lowest BCUT2D eigenvalue weighted by Gasteiger charge is -2.29. The van der Waals surface area contributed by atoms with Crippen LogP contribution in [0.4, 0.5) is 22.7 Å². The summed E-state index contributed by atoms with van der Waals surface area (Å²) in [7, 11) is 0. The summed E-state index contributed by atoms with van der Waals surface area (Å²) < 4.78 is 0. The highest BCUT2D eigenvalue weighted by Crippen LogP contribution is 2.29. The number of anilines is 2. The van der Waals surface area contributed by atoms with Crippen LogP contribution in [0.2, 0.25) is 0 Å². The maximum atomic E-state index is 10.7. The molecule has 28 heavy (non-hydrogen) atoms. The van der Waals surface area contributed by atoms with Gasteiger partial charge in [-0.05, 0) is 61.8 Å². The van der Waals surface area contributed by atoms with Crippen LogP contribution in [-0.4, -0.2) is 22.9 Å². The van der Waals surface area contributed by atoms with Gasteiger partial charge in [0.2, 0.25) is 0 Å². The third-order valence-corrected chi connectivity index (χ3v) is 5.31. The Labute approximate surface area is 163 Å². The average molecular weight is 384 g/mol. The molecule has 1 saturated carbocycles. The average Bonchev–Trinajstić information content (AvgIpc) is 2.72. The summed E-state index contributed by atoms with van der Waals surface area (Å²) in [5.41, 5.74) is 2.03. The van der Waals surface area contributed by atoms with Crippen LogP contribution >= 0.6 is 0 Å². The van der Waals surface area contributed by atoms with Gasteiger partial charge in [-0.25, -0.2) is 0 Å². The number of nitrogens with one attached hydrogen (secondary N) is 2. The molecule has 2 aromatic rings. The van der Waals surface area contributed by atoms with E-state index in [1.807, 2.05) is 0 Å². The van der Waals surface area contributed by atoms with Crippen LogP contribution in [0.3, 0.4) is 0 Å². The number of rotatable bonds is 8. The largest absolute Gasteiger partial charge is 0.385 e. The molecule has 1 fully saturated rings. The van der Waals surface area contributed by atoms with Crippen molar-refractivity contribution >= 4 is 22.7 Å². The number of nitro benzene ring substituents is 2.